The lowest BCUT2D eigenvalue weighted by Gasteiger charge is -2.08. The number of methoxy groups -OCH3 is 1. The fourth-order valence-electron chi connectivity index (χ4n) is 1.44. The lowest BCUT2D eigenvalue weighted by atomic mass is 10.2. The van der Waals surface area contributed by atoms with E-state index in [0.29, 0.717) is 10.8 Å². The minimum atomic E-state index is -0.559. The molecule has 0 radical (unpaired) electrons. The summed E-state index contributed by atoms with van der Waals surface area (Å²) in [6.07, 6.45) is 1.40. The van der Waals surface area contributed by atoms with Crippen molar-refractivity contribution < 1.29 is 13.9 Å². The van der Waals surface area contributed by atoms with E-state index in [1.165, 1.54) is 37.6 Å². The van der Waals surface area contributed by atoms with Gasteiger partial charge in [-0.1, -0.05) is 11.6 Å². The molecular formula is C13H10ClFN2O2. The summed E-state index contributed by atoms with van der Waals surface area (Å²) in [5, 5.41) is 2.79. The Morgan fingerprint density at radius 1 is 1.37 bits per heavy atom. The molecule has 6 heteroatoms. The summed E-state index contributed by atoms with van der Waals surface area (Å²) in [7, 11) is 1.46. The average molecular weight is 281 g/mol. The number of hydrogen-bond donors (Lipinski definition) is 1. The van der Waals surface area contributed by atoms with E-state index < -0.39 is 11.7 Å². The molecule has 0 saturated heterocycles. The standard InChI is InChI=1S/C13H10ClFN2O2/c1-19-9-2-3-10(15)11(7-9)17-13(18)12-6-8(14)4-5-16-12/h2-7H,1H3,(H,17,18). The Kier molecular flexibility index (Phi) is 3.97. The molecule has 1 aromatic carbocycles. The van der Waals surface area contributed by atoms with Crippen LogP contribution in [0.1, 0.15) is 10.5 Å². The fraction of sp³-hybridized carbons (Fsp3) is 0.0769. The Hall–Kier alpha value is -2.14. The number of pyridine rings is 1. The highest BCUT2D eigenvalue weighted by Gasteiger charge is 2.11. The minimum Gasteiger partial charge on any atom is -0.497 e. The molecule has 0 fully saturated rings. The first kappa shape index (κ1) is 13.3. The van der Waals surface area contributed by atoms with E-state index in [2.05, 4.69) is 10.3 Å². The molecule has 2 aromatic rings. The Bertz CT molecular complexity index is 619. The van der Waals surface area contributed by atoms with Gasteiger partial charge in [0.05, 0.1) is 12.8 Å². The van der Waals surface area contributed by atoms with Crippen LogP contribution in [0.15, 0.2) is 36.5 Å². The Balaban J connectivity index is 2.23. The van der Waals surface area contributed by atoms with Crippen molar-refractivity contribution in [1.82, 2.24) is 4.98 Å². The zero-order valence-electron chi connectivity index (χ0n) is 9.98. The highest BCUT2D eigenvalue weighted by atomic mass is 35.5. The predicted molar refractivity (Wildman–Crippen MR) is 70.2 cm³/mol. The van der Waals surface area contributed by atoms with Crippen LogP contribution in [0.25, 0.3) is 0 Å². The van der Waals surface area contributed by atoms with Crippen molar-refractivity contribution in [2.75, 3.05) is 12.4 Å². The van der Waals surface area contributed by atoms with Gasteiger partial charge in [-0.3, -0.25) is 9.78 Å². The maximum absolute atomic E-state index is 13.5. The van der Waals surface area contributed by atoms with Crippen LogP contribution in [0.5, 0.6) is 5.75 Å². The number of benzene rings is 1. The van der Waals surface area contributed by atoms with Crippen LogP contribution in [0.2, 0.25) is 5.02 Å². The highest BCUT2D eigenvalue weighted by Crippen LogP contribution is 2.21. The van der Waals surface area contributed by atoms with Gasteiger partial charge < -0.3 is 10.1 Å². The van der Waals surface area contributed by atoms with E-state index >= 15 is 0 Å². The van der Waals surface area contributed by atoms with Crippen LogP contribution >= 0.6 is 11.6 Å². The van der Waals surface area contributed by atoms with Crippen molar-refractivity contribution >= 4 is 23.2 Å². The summed E-state index contributed by atoms with van der Waals surface area (Å²) in [6, 6.07) is 7.00. The van der Waals surface area contributed by atoms with Gasteiger partial charge in [0.15, 0.2) is 0 Å². The normalized spacial score (nSPS) is 10.1. The quantitative estimate of drug-likeness (QED) is 0.940. The van der Waals surface area contributed by atoms with E-state index in [0.717, 1.165) is 0 Å². The molecule has 0 spiro atoms. The molecule has 98 valence electrons. The lowest BCUT2D eigenvalue weighted by Crippen LogP contribution is -2.14. The SMILES string of the molecule is COc1ccc(F)c(NC(=O)c2cc(Cl)ccn2)c1. The summed E-state index contributed by atoms with van der Waals surface area (Å²) in [4.78, 5) is 15.7. The van der Waals surface area contributed by atoms with Gasteiger partial charge in [-0.25, -0.2) is 4.39 Å². The first-order valence-electron chi connectivity index (χ1n) is 5.36. The summed E-state index contributed by atoms with van der Waals surface area (Å²) < 4.78 is 18.5. The van der Waals surface area contributed by atoms with Gasteiger partial charge in [0, 0.05) is 17.3 Å². The molecule has 1 aromatic heterocycles. The third-order valence-corrected chi connectivity index (χ3v) is 2.61. The first-order chi connectivity index (χ1) is 9.10. The number of aromatic nitrogens is 1. The number of carbonyl (C=O) groups excluding carboxylic acids is 1. The number of hydrogen-bond acceptors (Lipinski definition) is 3. The number of ether oxygens (including phenoxy) is 1. The average Bonchev–Trinajstić information content (AvgIpc) is 2.41. The zero-order valence-corrected chi connectivity index (χ0v) is 10.7. The van der Waals surface area contributed by atoms with Gasteiger partial charge >= 0.3 is 0 Å². The predicted octanol–water partition coefficient (Wildman–Crippen LogP) is 3.14. The number of carbonyl (C=O) groups is 1. The maximum Gasteiger partial charge on any atom is 0.274 e. The first-order valence-corrected chi connectivity index (χ1v) is 5.74. The molecular weight excluding hydrogens is 271 g/mol. The molecule has 0 bridgehead atoms. The molecule has 1 amide bonds. The molecule has 0 saturated carbocycles. The molecule has 0 atom stereocenters. The molecule has 4 nitrogen and oxygen atoms in total. The zero-order chi connectivity index (χ0) is 13.8. The van der Waals surface area contributed by atoms with Crippen molar-refractivity contribution in [2.24, 2.45) is 0 Å². The van der Waals surface area contributed by atoms with Crippen molar-refractivity contribution in [3.63, 3.8) is 0 Å². The van der Waals surface area contributed by atoms with E-state index in [1.54, 1.807) is 6.07 Å². The van der Waals surface area contributed by atoms with Crippen molar-refractivity contribution in [3.05, 3.63) is 53.1 Å². The van der Waals surface area contributed by atoms with E-state index in [9.17, 15) is 9.18 Å². The number of nitrogens with zero attached hydrogens (tertiary/aromatic N) is 1. The summed E-state index contributed by atoms with van der Waals surface area (Å²) in [5.74, 6) is -0.665. The maximum atomic E-state index is 13.5. The Morgan fingerprint density at radius 3 is 2.84 bits per heavy atom. The van der Waals surface area contributed by atoms with Gasteiger partial charge in [-0.15, -0.1) is 0 Å². The largest absolute Gasteiger partial charge is 0.497 e. The van der Waals surface area contributed by atoms with Crippen LogP contribution < -0.4 is 10.1 Å². The summed E-state index contributed by atoms with van der Waals surface area (Å²) >= 11 is 5.76. The molecule has 1 heterocycles. The molecule has 1 N–H and O–H groups in total. The molecule has 2 rings (SSSR count). The number of anilines is 1. The van der Waals surface area contributed by atoms with Crippen LogP contribution in [0.3, 0.4) is 0 Å². The molecule has 0 aliphatic carbocycles. The second kappa shape index (κ2) is 5.67. The molecule has 0 aliphatic rings. The van der Waals surface area contributed by atoms with Crippen molar-refractivity contribution in [1.29, 1.82) is 0 Å². The topological polar surface area (TPSA) is 51.2 Å². The van der Waals surface area contributed by atoms with Gasteiger partial charge in [-0.2, -0.15) is 0 Å². The molecule has 19 heavy (non-hydrogen) atoms. The monoisotopic (exact) mass is 280 g/mol. The summed E-state index contributed by atoms with van der Waals surface area (Å²) in [5.41, 5.74) is 0.126. The second-order valence-corrected chi connectivity index (χ2v) is 4.10. The van der Waals surface area contributed by atoms with Gasteiger partial charge in [0.1, 0.15) is 17.3 Å². The highest BCUT2D eigenvalue weighted by molar-refractivity contribution is 6.30. The summed E-state index contributed by atoms with van der Waals surface area (Å²) in [6.45, 7) is 0. The lowest BCUT2D eigenvalue weighted by molar-refractivity contribution is 0.102. The van der Waals surface area contributed by atoms with Crippen LogP contribution in [-0.2, 0) is 0 Å². The van der Waals surface area contributed by atoms with Crippen molar-refractivity contribution in [3.8, 4) is 5.75 Å². The van der Waals surface area contributed by atoms with Crippen molar-refractivity contribution in [2.45, 2.75) is 0 Å². The van der Waals surface area contributed by atoms with Gasteiger partial charge in [0.2, 0.25) is 0 Å². The molecule has 0 aliphatic heterocycles. The fourth-order valence-corrected chi connectivity index (χ4v) is 1.60. The van der Waals surface area contributed by atoms with Crippen LogP contribution in [-0.4, -0.2) is 18.0 Å². The third kappa shape index (κ3) is 3.20. The third-order valence-electron chi connectivity index (χ3n) is 2.38. The van der Waals surface area contributed by atoms with E-state index in [-0.39, 0.29) is 11.4 Å². The van der Waals surface area contributed by atoms with Crippen LogP contribution in [0, 0.1) is 5.82 Å². The molecule has 0 unspecified atom stereocenters. The number of nitrogens with one attached hydrogen (secondary N) is 1. The van der Waals surface area contributed by atoms with E-state index in [1.807, 2.05) is 0 Å². The second-order valence-electron chi connectivity index (χ2n) is 3.66. The van der Waals surface area contributed by atoms with Crippen LogP contribution in [0.4, 0.5) is 10.1 Å². The Labute approximate surface area is 114 Å². The Morgan fingerprint density at radius 2 is 2.16 bits per heavy atom. The smallest absolute Gasteiger partial charge is 0.274 e. The van der Waals surface area contributed by atoms with Gasteiger partial charge in [-0.05, 0) is 24.3 Å². The van der Waals surface area contributed by atoms with Gasteiger partial charge in [0.25, 0.3) is 5.91 Å². The number of amides is 1. The number of halogens is 2. The minimum absolute atomic E-state index is 0.0196. The number of rotatable bonds is 3. The van der Waals surface area contributed by atoms with E-state index in [4.69, 9.17) is 16.3 Å².